The Bertz CT molecular complexity index is 373. The molecule has 0 bridgehead atoms. The molecule has 1 aromatic heterocycles. The second-order valence-electron chi connectivity index (χ2n) is 2.11. The van der Waals surface area contributed by atoms with Gasteiger partial charge in [-0.2, -0.15) is 5.26 Å². The van der Waals surface area contributed by atoms with E-state index in [1.54, 1.807) is 22.6 Å². The summed E-state index contributed by atoms with van der Waals surface area (Å²) in [6, 6.07) is 3.12. The summed E-state index contributed by atoms with van der Waals surface area (Å²) in [6.45, 7) is 0. The number of pyridine rings is 1. The molecule has 1 rings (SSSR count). The lowest BCUT2D eigenvalue weighted by molar-refractivity contribution is 0.150. The van der Waals surface area contributed by atoms with Crippen LogP contribution < -0.4 is 0 Å². The van der Waals surface area contributed by atoms with Crippen LogP contribution in [0, 0.1) is 18.6 Å². The van der Waals surface area contributed by atoms with Crippen molar-refractivity contribution < 1.29 is 8.78 Å². The summed E-state index contributed by atoms with van der Waals surface area (Å²) in [5.74, 6) is 0. The Morgan fingerprint density at radius 2 is 2.08 bits per heavy atom. The molecule has 1 heterocycles. The zero-order valence-corrected chi connectivity index (χ0v) is 10.4. The highest BCUT2D eigenvalue weighted by Crippen LogP contribution is 2.25. The predicted octanol–water partition coefficient (Wildman–Crippen LogP) is 3.10. The Labute approximate surface area is 101 Å². The van der Waals surface area contributed by atoms with Gasteiger partial charge in [-0.1, -0.05) is 0 Å². The van der Waals surface area contributed by atoms with Crippen molar-refractivity contribution in [1.82, 2.24) is 4.98 Å². The molecule has 0 N–H and O–H groups in total. The van der Waals surface area contributed by atoms with Crippen LogP contribution >= 0.6 is 45.2 Å². The molecule has 0 aromatic carbocycles. The van der Waals surface area contributed by atoms with Crippen molar-refractivity contribution in [2.75, 3.05) is 0 Å². The minimum Gasteiger partial charge on any atom is -0.230 e. The van der Waals surface area contributed by atoms with Crippen LogP contribution in [0.1, 0.15) is 17.7 Å². The predicted molar refractivity (Wildman–Crippen MR) is 59.3 cm³/mol. The lowest BCUT2D eigenvalue weighted by atomic mass is 10.2. The molecule has 6 heteroatoms. The van der Waals surface area contributed by atoms with Crippen LogP contribution in [0.25, 0.3) is 0 Å². The number of aromatic nitrogens is 1. The first kappa shape index (κ1) is 11.0. The maximum absolute atomic E-state index is 12.3. The maximum atomic E-state index is 12.3. The first-order chi connectivity index (χ1) is 6.06. The largest absolute Gasteiger partial charge is 0.266 e. The number of nitrogens with zero attached hydrogens (tertiary/aromatic N) is 2. The molecule has 0 spiro atoms. The van der Waals surface area contributed by atoms with Crippen molar-refractivity contribution in [2.45, 2.75) is 6.43 Å². The normalized spacial score (nSPS) is 10.2. The smallest absolute Gasteiger partial charge is 0.230 e. The number of rotatable bonds is 1. The quantitative estimate of drug-likeness (QED) is 0.531. The van der Waals surface area contributed by atoms with Gasteiger partial charge in [0, 0.05) is 0 Å². The van der Waals surface area contributed by atoms with E-state index in [9.17, 15) is 8.78 Å². The third-order valence-corrected chi connectivity index (χ3v) is 2.98. The molecule has 2 nitrogen and oxygen atoms in total. The maximum Gasteiger partial charge on any atom is 0.266 e. The van der Waals surface area contributed by atoms with Gasteiger partial charge in [-0.05, 0) is 51.2 Å². The Morgan fingerprint density at radius 3 is 2.54 bits per heavy atom. The highest BCUT2D eigenvalue weighted by atomic mass is 127. The van der Waals surface area contributed by atoms with E-state index in [0.717, 1.165) is 0 Å². The van der Waals surface area contributed by atoms with Crippen LogP contribution in [0.2, 0.25) is 0 Å². The average Bonchev–Trinajstić information content (AvgIpc) is 2.07. The van der Waals surface area contributed by atoms with E-state index in [1.807, 2.05) is 28.7 Å². The molecule has 0 amide bonds. The molecular weight excluding hydrogens is 404 g/mol. The van der Waals surface area contributed by atoms with Crippen molar-refractivity contribution >= 4 is 45.2 Å². The molecule has 0 saturated heterocycles. The van der Waals surface area contributed by atoms with Crippen LogP contribution in [0.3, 0.4) is 0 Å². The minimum atomic E-state index is -2.54. The van der Waals surface area contributed by atoms with Gasteiger partial charge >= 0.3 is 0 Å². The monoisotopic (exact) mass is 406 g/mol. The van der Waals surface area contributed by atoms with Gasteiger partial charge in [0.15, 0.2) is 5.69 Å². The molecule has 13 heavy (non-hydrogen) atoms. The van der Waals surface area contributed by atoms with Gasteiger partial charge in [-0.3, -0.25) is 0 Å². The fourth-order valence-electron chi connectivity index (χ4n) is 0.712. The molecule has 0 aliphatic carbocycles. The zero-order valence-electron chi connectivity index (χ0n) is 6.06. The SMILES string of the molecule is N#Cc1nc(I)c(C(F)F)cc1I. The molecule has 0 unspecified atom stereocenters. The molecule has 0 saturated carbocycles. The Kier molecular flexibility index (Phi) is 3.78. The Balaban J connectivity index is 3.31. The highest BCUT2D eigenvalue weighted by molar-refractivity contribution is 14.1. The van der Waals surface area contributed by atoms with Crippen molar-refractivity contribution in [1.29, 1.82) is 5.26 Å². The summed E-state index contributed by atoms with van der Waals surface area (Å²) < 4.78 is 25.3. The minimum absolute atomic E-state index is 0.121. The number of nitriles is 1. The molecular formula is C7H2F2I2N2. The Morgan fingerprint density at radius 1 is 1.46 bits per heavy atom. The third kappa shape index (κ3) is 2.46. The lowest BCUT2D eigenvalue weighted by Crippen LogP contribution is -1.98. The third-order valence-electron chi connectivity index (χ3n) is 1.30. The van der Waals surface area contributed by atoms with E-state index in [-0.39, 0.29) is 15.0 Å². The topological polar surface area (TPSA) is 36.7 Å². The summed E-state index contributed by atoms with van der Waals surface area (Å²) >= 11 is 3.51. The van der Waals surface area contributed by atoms with Gasteiger partial charge in [0.05, 0.1) is 9.13 Å². The number of hydrogen-bond acceptors (Lipinski definition) is 2. The molecule has 0 aliphatic heterocycles. The summed E-state index contributed by atoms with van der Waals surface area (Å²) in [6.07, 6.45) is -2.54. The van der Waals surface area contributed by atoms with Crippen molar-refractivity contribution in [3.63, 3.8) is 0 Å². The van der Waals surface area contributed by atoms with E-state index >= 15 is 0 Å². The molecule has 0 fully saturated rings. The number of halogens is 4. The van der Waals surface area contributed by atoms with Crippen LogP contribution in [0.5, 0.6) is 0 Å². The van der Waals surface area contributed by atoms with Gasteiger partial charge in [-0.25, -0.2) is 13.8 Å². The number of alkyl halides is 2. The van der Waals surface area contributed by atoms with Gasteiger partial charge in [-0.15, -0.1) is 0 Å². The van der Waals surface area contributed by atoms with Gasteiger partial charge in [0.2, 0.25) is 0 Å². The molecule has 0 aliphatic rings. The lowest BCUT2D eigenvalue weighted by Gasteiger charge is -2.03. The Hall–Kier alpha value is -0.0400. The fraction of sp³-hybridized carbons (Fsp3) is 0.143. The van der Waals surface area contributed by atoms with E-state index in [0.29, 0.717) is 3.57 Å². The summed E-state index contributed by atoms with van der Waals surface area (Å²) in [7, 11) is 0. The van der Waals surface area contributed by atoms with Crippen LogP contribution in [-0.4, -0.2) is 4.98 Å². The van der Waals surface area contributed by atoms with Crippen LogP contribution in [0.15, 0.2) is 6.07 Å². The van der Waals surface area contributed by atoms with Gasteiger partial charge in [0.25, 0.3) is 6.43 Å². The number of hydrogen-bond donors (Lipinski definition) is 0. The van der Waals surface area contributed by atoms with Crippen LogP contribution in [-0.2, 0) is 0 Å². The van der Waals surface area contributed by atoms with Crippen molar-refractivity contribution in [3.05, 3.63) is 24.6 Å². The van der Waals surface area contributed by atoms with E-state index in [4.69, 9.17) is 5.26 Å². The van der Waals surface area contributed by atoms with Gasteiger partial charge < -0.3 is 0 Å². The van der Waals surface area contributed by atoms with E-state index in [2.05, 4.69) is 4.98 Å². The molecule has 1 aromatic rings. The van der Waals surface area contributed by atoms with E-state index < -0.39 is 6.43 Å². The standard InChI is InChI=1S/C7H2F2I2N2/c8-6(9)3-1-4(10)5(2-12)13-7(3)11/h1,6H. The zero-order chi connectivity index (χ0) is 10.0. The summed E-state index contributed by atoms with van der Waals surface area (Å²) in [4.78, 5) is 3.75. The second kappa shape index (κ2) is 4.45. The van der Waals surface area contributed by atoms with Crippen molar-refractivity contribution in [2.24, 2.45) is 0 Å². The van der Waals surface area contributed by atoms with E-state index in [1.165, 1.54) is 6.07 Å². The molecule has 68 valence electrons. The van der Waals surface area contributed by atoms with Crippen molar-refractivity contribution in [3.8, 4) is 6.07 Å². The second-order valence-corrected chi connectivity index (χ2v) is 4.30. The first-order valence-corrected chi connectivity index (χ1v) is 5.26. The summed E-state index contributed by atoms with van der Waals surface area (Å²) in [5.41, 5.74) is 0.0680. The summed E-state index contributed by atoms with van der Waals surface area (Å²) in [5, 5.41) is 8.56. The molecule has 0 radical (unpaired) electrons. The highest BCUT2D eigenvalue weighted by Gasteiger charge is 2.15. The first-order valence-electron chi connectivity index (χ1n) is 3.10. The van der Waals surface area contributed by atoms with Crippen LogP contribution in [0.4, 0.5) is 8.78 Å². The van der Waals surface area contributed by atoms with Gasteiger partial charge in [0.1, 0.15) is 9.77 Å². The molecule has 0 atom stereocenters. The average molecular weight is 406 g/mol. The fourth-order valence-corrected chi connectivity index (χ4v) is 1.92.